The minimum Gasteiger partial charge on any atom is -0.240 e. The van der Waals surface area contributed by atoms with Crippen LogP contribution in [0.5, 0.6) is 0 Å². The minimum atomic E-state index is 0.952. The molecule has 4 bridgehead atoms. The minimum absolute atomic E-state index is 0.952. The lowest BCUT2D eigenvalue weighted by Crippen LogP contribution is -2.81. The fourth-order valence-corrected chi connectivity index (χ4v) is 5.37. The van der Waals surface area contributed by atoms with E-state index in [0.717, 1.165) is 24.2 Å². The van der Waals surface area contributed by atoms with Gasteiger partial charge in [-0.15, -0.1) is 5.01 Å². The maximum Gasteiger partial charge on any atom is 0.107 e. The Balaban J connectivity index is 1.80. The van der Waals surface area contributed by atoms with Gasteiger partial charge in [0.1, 0.15) is 12.1 Å². The van der Waals surface area contributed by atoms with Crippen LogP contribution in [0.25, 0.3) is 0 Å². The van der Waals surface area contributed by atoms with E-state index in [-0.39, 0.29) is 0 Å². The van der Waals surface area contributed by atoms with Gasteiger partial charge in [-0.1, -0.05) is 0 Å². The molecule has 0 aromatic rings. The van der Waals surface area contributed by atoms with Crippen LogP contribution in [0.4, 0.5) is 0 Å². The van der Waals surface area contributed by atoms with Crippen LogP contribution in [-0.4, -0.2) is 40.8 Å². The summed E-state index contributed by atoms with van der Waals surface area (Å²) >= 11 is 0. The van der Waals surface area contributed by atoms with Crippen LogP contribution in [-0.2, 0) is 0 Å². The summed E-state index contributed by atoms with van der Waals surface area (Å²) in [5.41, 5.74) is 0. The van der Waals surface area contributed by atoms with Gasteiger partial charge in [0.15, 0.2) is 0 Å². The summed E-state index contributed by atoms with van der Waals surface area (Å²) in [6, 6.07) is 3.88. The van der Waals surface area contributed by atoms with E-state index < -0.39 is 0 Å². The number of hydrogen-bond acceptors (Lipinski definition) is 1. The number of fused-ring (bicyclic) bond motifs is 4. The molecule has 6 aliphatic rings. The first-order valence-electron chi connectivity index (χ1n) is 6.95. The summed E-state index contributed by atoms with van der Waals surface area (Å²) < 4.78 is 1.37. The highest BCUT2D eigenvalue weighted by molar-refractivity contribution is 4.93. The lowest BCUT2D eigenvalue weighted by Gasteiger charge is -2.68. The largest absolute Gasteiger partial charge is 0.240 e. The summed E-state index contributed by atoms with van der Waals surface area (Å²) in [6.45, 7) is 0. The molecule has 4 saturated heterocycles. The van der Waals surface area contributed by atoms with Gasteiger partial charge in [-0.2, -0.15) is 0 Å². The average molecular weight is 207 g/mol. The molecule has 0 amide bonds. The molecule has 2 nitrogen and oxygen atoms in total. The zero-order chi connectivity index (χ0) is 10.0. The van der Waals surface area contributed by atoms with E-state index in [0.29, 0.717) is 0 Å². The van der Waals surface area contributed by atoms with Crippen molar-refractivity contribution in [2.24, 2.45) is 0 Å². The SMILES string of the molecule is C[N+]12C3CCC(CC3)N1C1CCC2CC1. The zero-order valence-corrected chi connectivity index (χ0v) is 9.86. The lowest BCUT2D eigenvalue weighted by molar-refractivity contribution is -1.09. The second-order valence-electron chi connectivity index (χ2n) is 6.40. The van der Waals surface area contributed by atoms with Crippen molar-refractivity contribution < 1.29 is 4.59 Å². The van der Waals surface area contributed by atoms with Crippen molar-refractivity contribution in [1.29, 1.82) is 0 Å². The molecule has 15 heavy (non-hydrogen) atoms. The Bertz CT molecular complexity index is 248. The molecule has 4 aliphatic heterocycles. The lowest BCUT2D eigenvalue weighted by atomic mass is 9.76. The summed E-state index contributed by atoms with van der Waals surface area (Å²) in [5.74, 6) is 0. The van der Waals surface area contributed by atoms with E-state index in [9.17, 15) is 0 Å². The van der Waals surface area contributed by atoms with Gasteiger partial charge in [0.25, 0.3) is 0 Å². The molecule has 84 valence electrons. The second-order valence-corrected chi connectivity index (χ2v) is 6.40. The Morgan fingerprint density at radius 2 is 1.13 bits per heavy atom. The van der Waals surface area contributed by atoms with E-state index in [2.05, 4.69) is 12.1 Å². The predicted octanol–water partition coefficient (Wildman–Crippen LogP) is 2.30. The third-order valence-electron chi connectivity index (χ3n) is 6.06. The Morgan fingerprint density at radius 1 is 0.733 bits per heavy atom. The number of nitrogens with zero attached hydrogens (tertiary/aromatic N) is 2. The number of hydrogen-bond donors (Lipinski definition) is 0. The summed E-state index contributed by atoms with van der Waals surface area (Å²) in [5, 5.41) is 2.95. The van der Waals surface area contributed by atoms with Crippen molar-refractivity contribution in [1.82, 2.24) is 5.01 Å². The van der Waals surface area contributed by atoms with Crippen LogP contribution in [0, 0.1) is 0 Å². The standard InChI is InChI=1S/C13H23N2/c1-15-12-6-2-10(3-7-12)14(15)11-4-8-13(15)9-5-11/h10-13H,2-9H2,1H3/q+1. The maximum atomic E-state index is 2.95. The molecule has 0 aromatic carbocycles. The molecule has 0 aromatic heterocycles. The summed E-state index contributed by atoms with van der Waals surface area (Å²) in [4.78, 5) is 0. The summed E-state index contributed by atoms with van der Waals surface area (Å²) in [6.07, 6.45) is 12.1. The van der Waals surface area contributed by atoms with Crippen molar-refractivity contribution in [3.05, 3.63) is 0 Å². The van der Waals surface area contributed by atoms with Gasteiger partial charge in [-0.3, -0.25) is 0 Å². The molecular weight excluding hydrogens is 184 g/mol. The van der Waals surface area contributed by atoms with E-state index >= 15 is 0 Å². The van der Waals surface area contributed by atoms with Crippen LogP contribution in [0.3, 0.4) is 0 Å². The zero-order valence-electron chi connectivity index (χ0n) is 9.86. The smallest absolute Gasteiger partial charge is 0.107 e. The van der Waals surface area contributed by atoms with Gasteiger partial charge in [-0.05, 0) is 25.7 Å². The first-order chi connectivity index (χ1) is 7.30. The Labute approximate surface area is 92.8 Å². The van der Waals surface area contributed by atoms with Crippen LogP contribution < -0.4 is 0 Å². The molecule has 6 rings (SSSR count). The van der Waals surface area contributed by atoms with Gasteiger partial charge < -0.3 is 0 Å². The molecule has 2 aliphatic carbocycles. The molecule has 2 saturated carbocycles. The molecule has 0 atom stereocenters. The van der Waals surface area contributed by atoms with Crippen molar-refractivity contribution in [2.45, 2.75) is 75.5 Å². The van der Waals surface area contributed by atoms with Gasteiger partial charge in [0.05, 0.1) is 19.1 Å². The fraction of sp³-hybridized carbons (Fsp3) is 1.00. The Morgan fingerprint density at radius 3 is 1.47 bits per heavy atom. The molecule has 0 N–H and O–H groups in total. The Kier molecular flexibility index (Phi) is 1.67. The molecule has 4 heterocycles. The fourth-order valence-electron chi connectivity index (χ4n) is 5.37. The van der Waals surface area contributed by atoms with E-state index in [1.165, 1.54) is 56.0 Å². The first-order valence-corrected chi connectivity index (χ1v) is 6.95. The monoisotopic (exact) mass is 207 g/mol. The van der Waals surface area contributed by atoms with E-state index in [1.54, 1.807) is 0 Å². The molecule has 0 unspecified atom stereocenters. The normalized spacial score (nSPS) is 61.8. The van der Waals surface area contributed by atoms with E-state index in [1.807, 2.05) is 0 Å². The molecule has 0 spiro atoms. The topological polar surface area (TPSA) is 3.24 Å². The molecule has 6 fully saturated rings. The third kappa shape index (κ3) is 0.938. The van der Waals surface area contributed by atoms with Gasteiger partial charge in [0.2, 0.25) is 0 Å². The first kappa shape index (κ1) is 9.00. The van der Waals surface area contributed by atoms with Crippen LogP contribution >= 0.6 is 0 Å². The van der Waals surface area contributed by atoms with Crippen molar-refractivity contribution in [2.75, 3.05) is 7.05 Å². The highest BCUT2D eigenvalue weighted by Crippen LogP contribution is 2.51. The van der Waals surface area contributed by atoms with Crippen LogP contribution in [0.1, 0.15) is 51.4 Å². The molecule has 0 radical (unpaired) electrons. The van der Waals surface area contributed by atoms with E-state index in [4.69, 9.17) is 0 Å². The van der Waals surface area contributed by atoms with Gasteiger partial charge in [-0.25, -0.2) is 4.59 Å². The summed E-state index contributed by atoms with van der Waals surface area (Å²) in [7, 11) is 2.56. The molecule has 2 heteroatoms. The predicted molar refractivity (Wildman–Crippen MR) is 60.1 cm³/mol. The number of quaternary nitrogens is 1. The highest BCUT2D eigenvalue weighted by atomic mass is 15.8. The molecular formula is C13H23N2+. The van der Waals surface area contributed by atoms with Gasteiger partial charge >= 0.3 is 0 Å². The Hall–Kier alpha value is -0.0800. The quantitative estimate of drug-likeness (QED) is 0.551. The van der Waals surface area contributed by atoms with Crippen LogP contribution in [0.15, 0.2) is 0 Å². The average Bonchev–Trinajstić information content (AvgIpc) is 2.31. The van der Waals surface area contributed by atoms with Crippen molar-refractivity contribution >= 4 is 0 Å². The maximum absolute atomic E-state index is 2.95. The number of rotatable bonds is 0. The second kappa shape index (κ2) is 2.78. The third-order valence-corrected chi connectivity index (χ3v) is 6.06. The van der Waals surface area contributed by atoms with Crippen molar-refractivity contribution in [3.63, 3.8) is 0 Å². The highest BCUT2D eigenvalue weighted by Gasteiger charge is 2.61. The van der Waals surface area contributed by atoms with Crippen molar-refractivity contribution in [3.8, 4) is 0 Å². The van der Waals surface area contributed by atoms with Gasteiger partial charge in [0, 0.05) is 25.7 Å². The van der Waals surface area contributed by atoms with Crippen LogP contribution in [0.2, 0.25) is 0 Å².